The van der Waals surface area contributed by atoms with Crippen molar-refractivity contribution in [2.45, 2.75) is 51.5 Å². The van der Waals surface area contributed by atoms with Crippen molar-refractivity contribution in [1.29, 1.82) is 0 Å². The summed E-state index contributed by atoms with van der Waals surface area (Å²) in [5, 5.41) is 4.49. The highest BCUT2D eigenvalue weighted by atomic mass is 16.5. The molecule has 0 bridgehead atoms. The normalized spacial score (nSPS) is 19.9. The number of nitrogens with zero attached hydrogens (tertiary/aromatic N) is 3. The van der Waals surface area contributed by atoms with Gasteiger partial charge in [-0.15, -0.1) is 0 Å². The summed E-state index contributed by atoms with van der Waals surface area (Å²) in [6.45, 7) is 3.68. The third-order valence-corrected chi connectivity index (χ3v) is 5.18. The SMILES string of the molecule is CCCn1nccc1C1CCCCC1COc1cncc(OC)c1C=O. The molecule has 1 aliphatic rings. The molecule has 0 N–H and O–H groups in total. The number of pyridine rings is 1. The molecule has 2 heterocycles. The average Bonchev–Trinajstić information content (AvgIpc) is 3.14. The van der Waals surface area contributed by atoms with Crippen LogP contribution < -0.4 is 9.47 Å². The third-order valence-electron chi connectivity index (χ3n) is 5.18. The number of aryl methyl sites for hydroxylation is 1. The zero-order chi connectivity index (χ0) is 18.4. The zero-order valence-electron chi connectivity index (χ0n) is 15.6. The Morgan fingerprint density at radius 1 is 1.27 bits per heavy atom. The molecule has 0 radical (unpaired) electrons. The Hall–Kier alpha value is -2.37. The van der Waals surface area contributed by atoms with Gasteiger partial charge in [0.2, 0.25) is 0 Å². The number of aldehydes is 1. The number of ether oxygens (including phenoxy) is 2. The Balaban J connectivity index is 1.75. The van der Waals surface area contributed by atoms with Crippen LogP contribution in [0.2, 0.25) is 0 Å². The van der Waals surface area contributed by atoms with Gasteiger partial charge in [-0.05, 0) is 25.3 Å². The van der Waals surface area contributed by atoms with Gasteiger partial charge < -0.3 is 9.47 Å². The Labute approximate surface area is 154 Å². The first kappa shape index (κ1) is 18.4. The van der Waals surface area contributed by atoms with Crippen LogP contribution in [-0.2, 0) is 6.54 Å². The monoisotopic (exact) mass is 357 g/mol. The van der Waals surface area contributed by atoms with E-state index in [4.69, 9.17) is 9.47 Å². The minimum Gasteiger partial charge on any atom is -0.494 e. The second-order valence-electron chi connectivity index (χ2n) is 6.81. The van der Waals surface area contributed by atoms with E-state index in [0.717, 1.165) is 32.1 Å². The van der Waals surface area contributed by atoms with Crippen LogP contribution in [0.25, 0.3) is 0 Å². The van der Waals surface area contributed by atoms with Crippen LogP contribution in [0.3, 0.4) is 0 Å². The predicted octanol–water partition coefficient (Wildman–Crippen LogP) is 3.86. The van der Waals surface area contributed by atoms with Gasteiger partial charge in [0, 0.05) is 30.3 Å². The number of aromatic nitrogens is 3. The maximum atomic E-state index is 11.4. The quantitative estimate of drug-likeness (QED) is 0.671. The van der Waals surface area contributed by atoms with Gasteiger partial charge in [0.1, 0.15) is 5.56 Å². The molecule has 140 valence electrons. The Morgan fingerprint density at radius 3 is 2.85 bits per heavy atom. The van der Waals surface area contributed by atoms with Gasteiger partial charge in [-0.1, -0.05) is 19.8 Å². The van der Waals surface area contributed by atoms with Crippen LogP contribution in [0.1, 0.15) is 61.0 Å². The number of carbonyl (C=O) groups excluding carboxylic acids is 1. The van der Waals surface area contributed by atoms with Crippen molar-refractivity contribution >= 4 is 6.29 Å². The van der Waals surface area contributed by atoms with Gasteiger partial charge in [-0.3, -0.25) is 14.5 Å². The lowest BCUT2D eigenvalue weighted by atomic mass is 9.78. The summed E-state index contributed by atoms with van der Waals surface area (Å²) in [5.74, 6) is 1.78. The van der Waals surface area contributed by atoms with E-state index in [-0.39, 0.29) is 0 Å². The Morgan fingerprint density at radius 2 is 2.08 bits per heavy atom. The van der Waals surface area contributed by atoms with Crippen LogP contribution in [-0.4, -0.2) is 34.8 Å². The highest BCUT2D eigenvalue weighted by Crippen LogP contribution is 2.38. The number of hydrogen-bond acceptors (Lipinski definition) is 5. The summed E-state index contributed by atoms with van der Waals surface area (Å²) in [6, 6.07) is 2.14. The van der Waals surface area contributed by atoms with E-state index in [1.807, 2.05) is 6.20 Å². The smallest absolute Gasteiger partial charge is 0.157 e. The lowest BCUT2D eigenvalue weighted by Crippen LogP contribution is -2.26. The van der Waals surface area contributed by atoms with Crippen molar-refractivity contribution in [3.05, 3.63) is 35.9 Å². The molecule has 1 aliphatic carbocycles. The molecule has 0 aliphatic heterocycles. The summed E-state index contributed by atoms with van der Waals surface area (Å²) in [7, 11) is 1.53. The largest absolute Gasteiger partial charge is 0.494 e. The fourth-order valence-corrected chi connectivity index (χ4v) is 3.88. The van der Waals surface area contributed by atoms with E-state index in [0.29, 0.717) is 35.5 Å². The van der Waals surface area contributed by atoms with Crippen LogP contribution >= 0.6 is 0 Å². The summed E-state index contributed by atoms with van der Waals surface area (Å²) >= 11 is 0. The summed E-state index contributed by atoms with van der Waals surface area (Å²) in [5.41, 5.74) is 1.73. The summed E-state index contributed by atoms with van der Waals surface area (Å²) < 4.78 is 13.4. The fraction of sp³-hybridized carbons (Fsp3) is 0.550. The van der Waals surface area contributed by atoms with Crippen LogP contribution in [0.15, 0.2) is 24.7 Å². The molecular weight excluding hydrogens is 330 g/mol. The predicted molar refractivity (Wildman–Crippen MR) is 98.9 cm³/mol. The van der Waals surface area contributed by atoms with E-state index in [9.17, 15) is 4.79 Å². The molecule has 0 spiro atoms. The molecule has 0 amide bonds. The fourth-order valence-electron chi connectivity index (χ4n) is 3.88. The standard InChI is InChI=1S/C20H27N3O3/c1-3-10-23-18(8-9-22-23)16-7-5-4-6-15(16)14-26-20-12-21-11-19(25-2)17(20)13-24/h8-9,11-13,15-16H,3-7,10,14H2,1-2H3. The van der Waals surface area contributed by atoms with Crippen LogP contribution in [0, 0.1) is 5.92 Å². The Bertz CT molecular complexity index is 729. The van der Waals surface area contributed by atoms with Gasteiger partial charge in [0.25, 0.3) is 0 Å². The van der Waals surface area contributed by atoms with Crippen molar-refractivity contribution in [2.24, 2.45) is 5.92 Å². The lowest BCUT2D eigenvalue weighted by Gasteiger charge is -2.32. The topological polar surface area (TPSA) is 66.2 Å². The van der Waals surface area contributed by atoms with Crippen LogP contribution in [0.4, 0.5) is 0 Å². The van der Waals surface area contributed by atoms with Gasteiger partial charge in [0.05, 0.1) is 26.1 Å². The number of hydrogen-bond donors (Lipinski definition) is 0. The van der Waals surface area contributed by atoms with Gasteiger partial charge in [-0.25, -0.2) is 0 Å². The highest BCUT2D eigenvalue weighted by Gasteiger charge is 2.29. The molecule has 2 unspecified atom stereocenters. The molecule has 26 heavy (non-hydrogen) atoms. The summed E-state index contributed by atoms with van der Waals surface area (Å²) in [6.07, 6.45) is 11.6. The zero-order valence-corrected chi connectivity index (χ0v) is 15.6. The van der Waals surface area contributed by atoms with Crippen molar-refractivity contribution < 1.29 is 14.3 Å². The molecule has 0 aromatic carbocycles. The highest BCUT2D eigenvalue weighted by molar-refractivity contribution is 5.83. The molecule has 6 nitrogen and oxygen atoms in total. The van der Waals surface area contributed by atoms with Gasteiger partial charge in [-0.2, -0.15) is 5.10 Å². The third kappa shape index (κ3) is 3.89. The second kappa shape index (κ2) is 8.83. The van der Waals surface area contributed by atoms with Crippen molar-refractivity contribution in [3.63, 3.8) is 0 Å². The lowest BCUT2D eigenvalue weighted by molar-refractivity contribution is 0.111. The first-order chi connectivity index (χ1) is 12.8. The number of methoxy groups -OCH3 is 1. The van der Waals surface area contributed by atoms with Gasteiger partial charge in [0.15, 0.2) is 17.8 Å². The second-order valence-corrected chi connectivity index (χ2v) is 6.81. The molecule has 2 aromatic heterocycles. The van der Waals surface area contributed by atoms with E-state index >= 15 is 0 Å². The maximum Gasteiger partial charge on any atom is 0.157 e. The van der Waals surface area contributed by atoms with Crippen LogP contribution in [0.5, 0.6) is 11.5 Å². The maximum absolute atomic E-state index is 11.4. The molecule has 1 fully saturated rings. The Kier molecular flexibility index (Phi) is 6.26. The molecule has 2 aromatic rings. The molecule has 0 saturated heterocycles. The molecule has 6 heteroatoms. The van der Waals surface area contributed by atoms with E-state index in [2.05, 4.69) is 27.8 Å². The van der Waals surface area contributed by atoms with Crippen molar-refractivity contribution in [1.82, 2.24) is 14.8 Å². The molecule has 3 rings (SSSR count). The minimum atomic E-state index is 0.404. The summed E-state index contributed by atoms with van der Waals surface area (Å²) in [4.78, 5) is 15.5. The molecule has 2 atom stereocenters. The molecule has 1 saturated carbocycles. The first-order valence-corrected chi connectivity index (χ1v) is 9.40. The van der Waals surface area contributed by atoms with E-state index in [1.165, 1.54) is 31.8 Å². The van der Waals surface area contributed by atoms with Crippen molar-refractivity contribution in [2.75, 3.05) is 13.7 Å². The van der Waals surface area contributed by atoms with Crippen molar-refractivity contribution in [3.8, 4) is 11.5 Å². The van der Waals surface area contributed by atoms with Gasteiger partial charge >= 0.3 is 0 Å². The number of rotatable bonds is 8. The first-order valence-electron chi connectivity index (χ1n) is 9.40. The minimum absolute atomic E-state index is 0.404. The molecular formula is C20H27N3O3. The van der Waals surface area contributed by atoms with E-state index < -0.39 is 0 Å². The number of carbonyl (C=O) groups is 1. The van der Waals surface area contributed by atoms with E-state index in [1.54, 1.807) is 6.20 Å². The average molecular weight is 357 g/mol.